The molecule has 0 saturated carbocycles. The molecule has 3 rings (SSSR count). The van der Waals surface area contributed by atoms with Gasteiger partial charge in [0.2, 0.25) is 11.8 Å². The molecule has 3 amide bonds. The van der Waals surface area contributed by atoms with Gasteiger partial charge in [0.1, 0.15) is 11.6 Å². The third-order valence-electron chi connectivity index (χ3n) is 5.28. The molecule has 1 fully saturated rings. The minimum atomic E-state index is -0.919. The number of nitrogens with one attached hydrogen (secondary N) is 1. The summed E-state index contributed by atoms with van der Waals surface area (Å²) in [5.74, 6) is -3.28. The maximum atomic E-state index is 13.9. The van der Waals surface area contributed by atoms with Crippen molar-refractivity contribution in [3.63, 3.8) is 0 Å². The molecule has 0 atom stereocenters. The van der Waals surface area contributed by atoms with Gasteiger partial charge in [-0.2, -0.15) is 0 Å². The molecular formula is C22H21Cl2F2N3O3. The second kappa shape index (κ2) is 10.3. The fourth-order valence-corrected chi connectivity index (χ4v) is 4.06. The molecule has 2 aromatic carbocycles. The maximum absolute atomic E-state index is 13.9. The molecule has 1 heterocycles. The Morgan fingerprint density at radius 3 is 2.31 bits per heavy atom. The van der Waals surface area contributed by atoms with E-state index in [2.05, 4.69) is 5.32 Å². The van der Waals surface area contributed by atoms with Crippen LogP contribution in [0.25, 0.3) is 0 Å². The zero-order valence-corrected chi connectivity index (χ0v) is 18.7. The average molecular weight is 484 g/mol. The van der Waals surface area contributed by atoms with E-state index in [0.717, 1.165) is 12.1 Å². The Morgan fingerprint density at radius 1 is 1.09 bits per heavy atom. The number of carbonyl (C=O) groups excluding carboxylic acids is 3. The number of nitrogens with zero attached hydrogens (tertiary/aromatic N) is 2. The van der Waals surface area contributed by atoms with Gasteiger partial charge in [0.25, 0.3) is 5.91 Å². The number of halogens is 4. The minimum absolute atomic E-state index is 0.194. The number of amides is 3. The summed E-state index contributed by atoms with van der Waals surface area (Å²) in [5, 5.41) is 3.18. The lowest BCUT2D eigenvalue weighted by molar-refractivity contribution is -0.138. The predicted octanol–water partition coefficient (Wildman–Crippen LogP) is 4.22. The highest BCUT2D eigenvalue weighted by molar-refractivity contribution is 6.39. The first-order chi connectivity index (χ1) is 15.2. The molecule has 0 bridgehead atoms. The first-order valence-electron chi connectivity index (χ1n) is 9.90. The number of benzene rings is 2. The van der Waals surface area contributed by atoms with Gasteiger partial charge < -0.3 is 15.1 Å². The van der Waals surface area contributed by atoms with Gasteiger partial charge in [0, 0.05) is 32.1 Å². The molecule has 1 aliphatic rings. The second-order valence-electron chi connectivity index (χ2n) is 7.53. The number of anilines is 1. The summed E-state index contributed by atoms with van der Waals surface area (Å²) in [6, 6.07) is 7.64. The molecule has 6 nitrogen and oxygen atoms in total. The molecule has 0 spiro atoms. The Hall–Kier alpha value is -2.71. The number of hydrogen-bond donors (Lipinski definition) is 1. The van der Waals surface area contributed by atoms with Crippen LogP contribution in [0.4, 0.5) is 14.5 Å². The lowest BCUT2D eigenvalue weighted by Gasteiger charge is -2.33. The standard InChI is InChI=1S/C22H21Cl2F2N3O3/c1-28(12-19(30)27-20-16(23)3-2-4-17(20)24)21(31)13-7-9-29(10-8-13)22(32)15-6-5-14(25)11-18(15)26/h2-6,11,13H,7-10,12H2,1H3,(H,27,30). The highest BCUT2D eigenvalue weighted by Crippen LogP contribution is 2.29. The first-order valence-corrected chi connectivity index (χ1v) is 10.7. The average Bonchev–Trinajstić information content (AvgIpc) is 2.75. The molecule has 10 heteroatoms. The molecule has 0 aromatic heterocycles. The fraction of sp³-hybridized carbons (Fsp3) is 0.318. The van der Waals surface area contributed by atoms with Gasteiger partial charge in [-0.25, -0.2) is 8.78 Å². The summed E-state index contributed by atoms with van der Waals surface area (Å²) in [4.78, 5) is 40.3. The molecular weight excluding hydrogens is 463 g/mol. The highest BCUT2D eigenvalue weighted by Gasteiger charge is 2.31. The van der Waals surface area contributed by atoms with Crippen LogP contribution in [0.5, 0.6) is 0 Å². The Balaban J connectivity index is 1.53. The van der Waals surface area contributed by atoms with Crippen molar-refractivity contribution in [2.24, 2.45) is 5.92 Å². The van der Waals surface area contributed by atoms with Crippen molar-refractivity contribution in [2.45, 2.75) is 12.8 Å². The lowest BCUT2D eigenvalue weighted by atomic mass is 9.95. The number of piperidine rings is 1. The summed E-state index contributed by atoms with van der Waals surface area (Å²) in [6.07, 6.45) is 0.741. The van der Waals surface area contributed by atoms with Gasteiger partial charge in [-0.05, 0) is 37.1 Å². The van der Waals surface area contributed by atoms with Crippen LogP contribution in [-0.4, -0.2) is 54.2 Å². The van der Waals surface area contributed by atoms with E-state index in [-0.39, 0.29) is 52.8 Å². The number of likely N-dealkylation sites (tertiary alicyclic amines) is 1. The van der Waals surface area contributed by atoms with Gasteiger partial charge >= 0.3 is 0 Å². The summed E-state index contributed by atoms with van der Waals surface area (Å²) in [6.45, 7) is 0.309. The SMILES string of the molecule is CN(CC(=O)Nc1c(Cl)cccc1Cl)C(=O)C1CCN(C(=O)c2ccc(F)cc2F)CC1. The molecule has 0 aliphatic carbocycles. The number of para-hydroxylation sites is 1. The summed E-state index contributed by atoms with van der Waals surface area (Å²) < 4.78 is 27.0. The summed E-state index contributed by atoms with van der Waals surface area (Å²) in [7, 11) is 1.52. The normalized spacial score (nSPS) is 14.2. The van der Waals surface area contributed by atoms with Crippen LogP contribution in [0.15, 0.2) is 36.4 Å². The summed E-state index contributed by atoms with van der Waals surface area (Å²) in [5.41, 5.74) is 0.0738. The van der Waals surface area contributed by atoms with Crippen LogP contribution in [0.3, 0.4) is 0 Å². The van der Waals surface area contributed by atoms with E-state index >= 15 is 0 Å². The zero-order valence-electron chi connectivity index (χ0n) is 17.2. The van der Waals surface area contributed by atoms with Gasteiger partial charge in [-0.3, -0.25) is 14.4 Å². The van der Waals surface area contributed by atoms with E-state index in [4.69, 9.17) is 23.2 Å². The monoisotopic (exact) mass is 483 g/mol. The molecule has 1 aliphatic heterocycles. The Morgan fingerprint density at radius 2 is 1.72 bits per heavy atom. The molecule has 1 saturated heterocycles. The number of hydrogen-bond acceptors (Lipinski definition) is 3. The van der Waals surface area contributed by atoms with Crippen molar-refractivity contribution in [3.05, 3.63) is 63.6 Å². The van der Waals surface area contributed by atoms with Crippen LogP contribution in [0, 0.1) is 17.6 Å². The van der Waals surface area contributed by atoms with E-state index in [0.29, 0.717) is 18.9 Å². The molecule has 0 unspecified atom stereocenters. The van der Waals surface area contributed by atoms with Gasteiger partial charge in [-0.15, -0.1) is 0 Å². The largest absolute Gasteiger partial charge is 0.339 e. The van der Waals surface area contributed by atoms with Crippen LogP contribution in [-0.2, 0) is 9.59 Å². The Kier molecular flexibility index (Phi) is 7.69. The van der Waals surface area contributed by atoms with Crippen LogP contribution in [0.1, 0.15) is 23.2 Å². The van der Waals surface area contributed by atoms with Crippen molar-refractivity contribution >= 4 is 46.6 Å². The van der Waals surface area contributed by atoms with E-state index < -0.39 is 23.4 Å². The van der Waals surface area contributed by atoms with E-state index in [1.165, 1.54) is 16.8 Å². The third kappa shape index (κ3) is 5.55. The van der Waals surface area contributed by atoms with Crippen LogP contribution < -0.4 is 5.32 Å². The van der Waals surface area contributed by atoms with Gasteiger partial charge in [0.05, 0.1) is 27.8 Å². The second-order valence-corrected chi connectivity index (χ2v) is 8.34. The van der Waals surface area contributed by atoms with Crippen molar-refractivity contribution in [3.8, 4) is 0 Å². The Bertz CT molecular complexity index is 1020. The van der Waals surface area contributed by atoms with Crippen molar-refractivity contribution in [1.29, 1.82) is 0 Å². The van der Waals surface area contributed by atoms with E-state index in [9.17, 15) is 23.2 Å². The van der Waals surface area contributed by atoms with Crippen molar-refractivity contribution in [2.75, 3.05) is 32.0 Å². The number of carbonyl (C=O) groups is 3. The van der Waals surface area contributed by atoms with Crippen LogP contribution >= 0.6 is 23.2 Å². The maximum Gasteiger partial charge on any atom is 0.256 e. The van der Waals surface area contributed by atoms with Crippen molar-refractivity contribution < 1.29 is 23.2 Å². The minimum Gasteiger partial charge on any atom is -0.339 e. The Labute approximate surface area is 194 Å². The van der Waals surface area contributed by atoms with E-state index in [1.807, 2.05) is 0 Å². The molecule has 1 N–H and O–H groups in total. The summed E-state index contributed by atoms with van der Waals surface area (Å²) >= 11 is 12.1. The quantitative estimate of drug-likeness (QED) is 0.691. The first kappa shape index (κ1) is 23.9. The van der Waals surface area contributed by atoms with E-state index in [1.54, 1.807) is 18.2 Å². The number of rotatable bonds is 5. The van der Waals surface area contributed by atoms with Crippen molar-refractivity contribution in [1.82, 2.24) is 9.80 Å². The highest BCUT2D eigenvalue weighted by atomic mass is 35.5. The molecule has 32 heavy (non-hydrogen) atoms. The van der Waals surface area contributed by atoms with Crippen LogP contribution in [0.2, 0.25) is 10.0 Å². The molecule has 170 valence electrons. The molecule has 2 aromatic rings. The zero-order chi connectivity index (χ0) is 23.4. The molecule has 0 radical (unpaired) electrons. The third-order valence-corrected chi connectivity index (χ3v) is 5.91. The lowest BCUT2D eigenvalue weighted by Crippen LogP contribution is -2.45. The fourth-order valence-electron chi connectivity index (χ4n) is 3.56. The smallest absolute Gasteiger partial charge is 0.256 e. The van der Waals surface area contributed by atoms with Gasteiger partial charge in [-0.1, -0.05) is 29.3 Å². The number of likely N-dealkylation sites (N-methyl/N-ethyl adjacent to an activating group) is 1. The van der Waals surface area contributed by atoms with Gasteiger partial charge in [0.15, 0.2) is 0 Å². The topological polar surface area (TPSA) is 69.7 Å². The predicted molar refractivity (Wildman–Crippen MR) is 118 cm³/mol.